The molecule has 0 aliphatic rings. The molecule has 1 aromatic carbocycles. The predicted molar refractivity (Wildman–Crippen MR) is 83.8 cm³/mol. The van der Waals surface area contributed by atoms with Crippen LogP contribution >= 0.6 is 0 Å². The topological polar surface area (TPSA) is 60.9 Å². The van der Waals surface area contributed by atoms with Crippen LogP contribution in [0, 0.1) is 0 Å². The summed E-state index contributed by atoms with van der Waals surface area (Å²) >= 11 is 0. The summed E-state index contributed by atoms with van der Waals surface area (Å²) in [7, 11) is 1.53. The lowest BCUT2D eigenvalue weighted by Crippen LogP contribution is -2.41. The maximum atomic E-state index is 12.3. The number of carboxylic acids is 1. The number of carbonyl (C=O) groups excluding carboxylic acids is 1. The van der Waals surface area contributed by atoms with Gasteiger partial charge < -0.3 is 14.9 Å². The minimum atomic E-state index is -0.979. The number of benzene rings is 1. The normalized spacial score (nSPS) is 11.8. The highest BCUT2D eigenvalue weighted by Crippen LogP contribution is 2.17. The first-order valence-corrected chi connectivity index (χ1v) is 7.31. The molecule has 5 heteroatoms. The highest BCUT2D eigenvalue weighted by molar-refractivity contribution is 5.96. The summed E-state index contributed by atoms with van der Waals surface area (Å²) in [6, 6.07) is 6.51. The Morgan fingerprint density at radius 2 is 1.62 bits per heavy atom. The number of anilines is 1. The van der Waals surface area contributed by atoms with E-state index in [1.165, 1.54) is 11.9 Å². The van der Waals surface area contributed by atoms with Crippen molar-refractivity contribution in [3.05, 3.63) is 29.8 Å². The molecule has 1 aromatic rings. The van der Waals surface area contributed by atoms with Crippen molar-refractivity contribution < 1.29 is 14.7 Å². The molecule has 116 valence electrons. The molecule has 0 fully saturated rings. The summed E-state index contributed by atoms with van der Waals surface area (Å²) in [6.07, 6.45) is 0.384. The minimum Gasteiger partial charge on any atom is -0.480 e. The first kappa shape index (κ1) is 17.0. The van der Waals surface area contributed by atoms with Crippen LogP contribution in [0.5, 0.6) is 0 Å². The number of rotatable bonds is 7. The highest BCUT2D eigenvalue weighted by atomic mass is 16.4. The van der Waals surface area contributed by atoms with Gasteiger partial charge in [0.1, 0.15) is 6.04 Å². The van der Waals surface area contributed by atoms with Crippen molar-refractivity contribution in [2.45, 2.75) is 33.2 Å². The predicted octanol–water partition coefficient (Wildman–Crippen LogP) is 2.47. The van der Waals surface area contributed by atoms with Crippen molar-refractivity contribution in [2.75, 3.05) is 25.0 Å². The lowest BCUT2D eigenvalue weighted by atomic mass is 10.1. The number of carboxylic acid groups (broad SMARTS) is 1. The van der Waals surface area contributed by atoms with Crippen LogP contribution < -0.4 is 4.90 Å². The lowest BCUT2D eigenvalue weighted by Gasteiger charge is -2.24. The van der Waals surface area contributed by atoms with Crippen LogP contribution in [-0.2, 0) is 4.79 Å². The second-order valence-corrected chi connectivity index (χ2v) is 4.90. The molecule has 0 spiro atoms. The summed E-state index contributed by atoms with van der Waals surface area (Å²) in [6.45, 7) is 7.72. The Morgan fingerprint density at radius 1 is 1.10 bits per heavy atom. The summed E-state index contributed by atoms with van der Waals surface area (Å²) in [5, 5.41) is 9.12. The fourth-order valence-corrected chi connectivity index (χ4v) is 2.36. The molecule has 0 aromatic heterocycles. The first-order chi connectivity index (χ1) is 9.96. The molecule has 0 heterocycles. The van der Waals surface area contributed by atoms with Crippen molar-refractivity contribution in [1.82, 2.24) is 4.90 Å². The number of hydrogen-bond donors (Lipinski definition) is 1. The largest absolute Gasteiger partial charge is 0.480 e. The highest BCUT2D eigenvalue weighted by Gasteiger charge is 2.25. The Labute approximate surface area is 126 Å². The molecular formula is C16H24N2O3. The quantitative estimate of drug-likeness (QED) is 0.838. The van der Waals surface area contributed by atoms with E-state index in [-0.39, 0.29) is 5.91 Å². The van der Waals surface area contributed by atoms with Crippen LogP contribution in [0.25, 0.3) is 0 Å². The van der Waals surface area contributed by atoms with Crippen molar-refractivity contribution in [3.63, 3.8) is 0 Å². The molecule has 0 bridgehead atoms. The van der Waals surface area contributed by atoms with Gasteiger partial charge in [-0.05, 0) is 44.5 Å². The Kier molecular flexibility index (Phi) is 6.21. The van der Waals surface area contributed by atoms with Crippen molar-refractivity contribution in [2.24, 2.45) is 0 Å². The van der Waals surface area contributed by atoms with E-state index in [1.54, 1.807) is 19.1 Å². The Hall–Kier alpha value is -2.04. The van der Waals surface area contributed by atoms with Gasteiger partial charge in [-0.15, -0.1) is 0 Å². The molecule has 0 aliphatic heterocycles. The van der Waals surface area contributed by atoms with E-state index < -0.39 is 12.0 Å². The summed E-state index contributed by atoms with van der Waals surface area (Å²) in [4.78, 5) is 26.9. The van der Waals surface area contributed by atoms with Crippen LogP contribution in [0.3, 0.4) is 0 Å². The third kappa shape index (κ3) is 3.97. The second-order valence-electron chi connectivity index (χ2n) is 4.90. The van der Waals surface area contributed by atoms with Crippen molar-refractivity contribution >= 4 is 17.6 Å². The Bertz CT molecular complexity index is 481. The van der Waals surface area contributed by atoms with Gasteiger partial charge in [0.2, 0.25) is 0 Å². The SMILES string of the molecule is CCC(C(=O)O)N(C)C(=O)c1ccc(N(CC)CC)cc1. The smallest absolute Gasteiger partial charge is 0.326 e. The number of hydrogen-bond acceptors (Lipinski definition) is 3. The molecular weight excluding hydrogens is 268 g/mol. The first-order valence-electron chi connectivity index (χ1n) is 7.31. The van der Waals surface area contributed by atoms with E-state index >= 15 is 0 Å². The van der Waals surface area contributed by atoms with E-state index in [0.717, 1.165) is 18.8 Å². The van der Waals surface area contributed by atoms with E-state index in [9.17, 15) is 9.59 Å². The van der Waals surface area contributed by atoms with Crippen LogP contribution in [-0.4, -0.2) is 48.1 Å². The number of likely N-dealkylation sites (N-methyl/N-ethyl adjacent to an activating group) is 1. The summed E-state index contributed by atoms with van der Waals surface area (Å²) in [5.41, 5.74) is 1.57. The zero-order valence-corrected chi connectivity index (χ0v) is 13.2. The van der Waals surface area contributed by atoms with E-state index in [4.69, 9.17) is 5.11 Å². The van der Waals surface area contributed by atoms with Gasteiger partial charge in [-0.25, -0.2) is 4.79 Å². The van der Waals surface area contributed by atoms with Crippen LogP contribution in [0.15, 0.2) is 24.3 Å². The monoisotopic (exact) mass is 292 g/mol. The van der Waals surface area contributed by atoms with E-state index in [1.807, 2.05) is 12.1 Å². The van der Waals surface area contributed by atoms with Gasteiger partial charge in [0, 0.05) is 31.4 Å². The van der Waals surface area contributed by atoms with Gasteiger partial charge in [-0.2, -0.15) is 0 Å². The Balaban J connectivity index is 2.91. The maximum Gasteiger partial charge on any atom is 0.326 e. The van der Waals surface area contributed by atoms with E-state index in [0.29, 0.717) is 12.0 Å². The fourth-order valence-electron chi connectivity index (χ4n) is 2.36. The zero-order valence-electron chi connectivity index (χ0n) is 13.2. The average molecular weight is 292 g/mol. The molecule has 1 atom stereocenters. The molecule has 1 unspecified atom stereocenters. The molecule has 21 heavy (non-hydrogen) atoms. The van der Waals surface area contributed by atoms with Gasteiger partial charge >= 0.3 is 5.97 Å². The maximum absolute atomic E-state index is 12.3. The number of amides is 1. The second kappa shape index (κ2) is 7.67. The van der Waals surface area contributed by atoms with Crippen LogP contribution in [0.1, 0.15) is 37.6 Å². The lowest BCUT2D eigenvalue weighted by molar-refractivity contribution is -0.142. The molecule has 1 N–H and O–H groups in total. The van der Waals surface area contributed by atoms with E-state index in [2.05, 4.69) is 18.7 Å². The molecule has 1 rings (SSSR count). The minimum absolute atomic E-state index is 0.268. The van der Waals surface area contributed by atoms with Crippen LogP contribution in [0.2, 0.25) is 0 Å². The van der Waals surface area contributed by atoms with Gasteiger partial charge in [0.15, 0.2) is 0 Å². The standard InChI is InChI=1S/C16H24N2O3/c1-5-14(16(20)21)17(4)15(19)12-8-10-13(11-9-12)18(6-2)7-3/h8-11,14H,5-7H2,1-4H3,(H,20,21). The van der Waals surface area contributed by atoms with Crippen LogP contribution in [0.4, 0.5) is 5.69 Å². The molecule has 0 radical (unpaired) electrons. The van der Waals surface area contributed by atoms with Gasteiger partial charge in [-0.1, -0.05) is 6.92 Å². The molecule has 0 saturated carbocycles. The van der Waals surface area contributed by atoms with Crippen molar-refractivity contribution in [3.8, 4) is 0 Å². The zero-order chi connectivity index (χ0) is 16.0. The number of carbonyl (C=O) groups is 2. The molecule has 1 amide bonds. The van der Waals surface area contributed by atoms with Crippen molar-refractivity contribution in [1.29, 1.82) is 0 Å². The van der Waals surface area contributed by atoms with Gasteiger partial charge in [0.05, 0.1) is 0 Å². The molecule has 0 saturated heterocycles. The summed E-state index contributed by atoms with van der Waals surface area (Å²) in [5.74, 6) is -1.25. The fraction of sp³-hybridized carbons (Fsp3) is 0.500. The molecule has 0 aliphatic carbocycles. The van der Waals surface area contributed by atoms with Gasteiger partial charge in [0.25, 0.3) is 5.91 Å². The third-order valence-electron chi connectivity index (χ3n) is 3.70. The number of aliphatic carboxylic acids is 1. The average Bonchev–Trinajstić information content (AvgIpc) is 2.48. The summed E-state index contributed by atoms with van der Waals surface area (Å²) < 4.78 is 0. The third-order valence-corrected chi connectivity index (χ3v) is 3.70. The van der Waals surface area contributed by atoms with Gasteiger partial charge in [-0.3, -0.25) is 4.79 Å². The molecule has 5 nitrogen and oxygen atoms in total. The Morgan fingerprint density at radius 3 is 2.00 bits per heavy atom. The number of nitrogens with zero attached hydrogens (tertiary/aromatic N) is 2.